The molecule has 1 aliphatic rings. The quantitative estimate of drug-likeness (QED) is 0.507. The Balaban J connectivity index is 1.76. The molecular formula is C21H34N4O2. The molecule has 0 radical (unpaired) electrons. The minimum absolute atomic E-state index is 0.105. The first-order valence-electron chi connectivity index (χ1n) is 9.88. The van der Waals surface area contributed by atoms with Gasteiger partial charge in [-0.25, -0.2) is 0 Å². The van der Waals surface area contributed by atoms with Crippen molar-refractivity contribution in [3.63, 3.8) is 0 Å². The fraction of sp³-hybridized carbons (Fsp3) is 0.619. The number of ether oxygens (including phenoxy) is 1. The lowest BCUT2D eigenvalue weighted by Gasteiger charge is -2.23. The second-order valence-corrected chi connectivity index (χ2v) is 7.97. The number of rotatable bonds is 7. The van der Waals surface area contributed by atoms with Gasteiger partial charge in [0.05, 0.1) is 0 Å². The molecule has 6 heteroatoms. The number of nitrogens with one attached hydrogen (secondary N) is 3. The Bertz CT molecular complexity index is 631. The standard InChI is InChI=1S/C21H34N4O2/c1-21(2,3)27-18-12-8-5-9-16(18)15-24-20(22-4)23-14-13-19(26)25-17-10-6-7-11-17/h5,8-9,12,17H,6-7,10-11,13-15H2,1-4H3,(H,25,26)(H2,22,23,24). The summed E-state index contributed by atoms with van der Waals surface area (Å²) in [6.07, 6.45) is 5.11. The second-order valence-electron chi connectivity index (χ2n) is 7.97. The summed E-state index contributed by atoms with van der Waals surface area (Å²) in [4.78, 5) is 16.2. The van der Waals surface area contributed by atoms with Crippen molar-refractivity contribution < 1.29 is 9.53 Å². The van der Waals surface area contributed by atoms with Crippen LogP contribution in [0.25, 0.3) is 0 Å². The summed E-state index contributed by atoms with van der Waals surface area (Å²) in [5.41, 5.74) is 0.817. The highest BCUT2D eigenvalue weighted by Gasteiger charge is 2.17. The van der Waals surface area contributed by atoms with E-state index in [0.29, 0.717) is 31.5 Å². The SMILES string of the molecule is CN=C(NCCC(=O)NC1CCCC1)NCc1ccccc1OC(C)(C)C. The summed E-state index contributed by atoms with van der Waals surface area (Å²) in [6, 6.07) is 8.35. The van der Waals surface area contributed by atoms with E-state index in [4.69, 9.17) is 4.74 Å². The molecule has 0 saturated heterocycles. The lowest BCUT2D eigenvalue weighted by atomic mass is 10.1. The van der Waals surface area contributed by atoms with Crippen molar-refractivity contribution in [1.82, 2.24) is 16.0 Å². The molecule has 27 heavy (non-hydrogen) atoms. The van der Waals surface area contributed by atoms with E-state index in [-0.39, 0.29) is 11.5 Å². The Morgan fingerprint density at radius 1 is 1.19 bits per heavy atom. The summed E-state index contributed by atoms with van der Waals surface area (Å²) < 4.78 is 6.02. The van der Waals surface area contributed by atoms with Gasteiger partial charge < -0.3 is 20.7 Å². The molecule has 0 atom stereocenters. The van der Waals surface area contributed by atoms with E-state index < -0.39 is 0 Å². The smallest absolute Gasteiger partial charge is 0.221 e. The zero-order valence-electron chi connectivity index (χ0n) is 17.1. The molecule has 0 aromatic heterocycles. The van der Waals surface area contributed by atoms with Gasteiger partial charge in [-0.3, -0.25) is 9.79 Å². The number of aliphatic imine (C=N–C) groups is 1. The fourth-order valence-corrected chi connectivity index (χ4v) is 3.14. The Labute approximate surface area is 163 Å². The molecule has 6 nitrogen and oxygen atoms in total. The number of carbonyl (C=O) groups is 1. The maximum atomic E-state index is 12.0. The normalized spacial score (nSPS) is 15.5. The van der Waals surface area contributed by atoms with Gasteiger partial charge in [-0.2, -0.15) is 0 Å². The van der Waals surface area contributed by atoms with Crippen LogP contribution in [-0.4, -0.2) is 37.1 Å². The van der Waals surface area contributed by atoms with Crippen molar-refractivity contribution in [3.8, 4) is 5.75 Å². The molecule has 1 aliphatic carbocycles. The number of amides is 1. The topological polar surface area (TPSA) is 74.8 Å². The predicted molar refractivity (Wildman–Crippen MR) is 110 cm³/mol. The number of nitrogens with zero attached hydrogens (tertiary/aromatic N) is 1. The number of carbonyl (C=O) groups excluding carboxylic acids is 1. The van der Waals surface area contributed by atoms with Gasteiger partial charge in [0, 0.05) is 38.2 Å². The van der Waals surface area contributed by atoms with Crippen LogP contribution in [0.15, 0.2) is 29.3 Å². The molecule has 1 fully saturated rings. The van der Waals surface area contributed by atoms with Crippen LogP contribution in [0.3, 0.4) is 0 Å². The Hall–Kier alpha value is -2.24. The minimum Gasteiger partial charge on any atom is -0.488 e. The average molecular weight is 375 g/mol. The highest BCUT2D eigenvalue weighted by Crippen LogP contribution is 2.22. The Morgan fingerprint density at radius 2 is 1.89 bits per heavy atom. The molecule has 2 rings (SSSR count). The molecule has 0 heterocycles. The van der Waals surface area contributed by atoms with Crippen LogP contribution in [0.5, 0.6) is 5.75 Å². The van der Waals surface area contributed by atoms with Crippen LogP contribution in [0.1, 0.15) is 58.4 Å². The van der Waals surface area contributed by atoms with Gasteiger partial charge >= 0.3 is 0 Å². The molecule has 0 bridgehead atoms. The highest BCUT2D eigenvalue weighted by molar-refractivity contribution is 5.81. The fourth-order valence-electron chi connectivity index (χ4n) is 3.14. The Morgan fingerprint density at radius 3 is 2.56 bits per heavy atom. The van der Waals surface area contributed by atoms with Gasteiger partial charge in [-0.05, 0) is 39.7 Å². The molecule has 1 amide bonds. The van der Waals surface area contributed by atoms with E-state index in [1.165, 1.54) is 12.8 Å². The van der Waals surface area contributed by atoms with E-state index in [1.54, 1.807) is 7.05 Å². The molecule has 150 valence electrons. The van der Waals surface area contributed by atoms with E-state index in [2.05, 4.69) is 20.9 Å². The highest BCUT2D eigenvalue weighted by atomic mass is 16.5. The lowest BCUT2D eigenvalue weighted by molar-refractivity contribution is -0.121. The molecule has 3 N–H and O–H groups in total. The second kappa shape index (κ2) is 10.2. The largest absolute Gasteiger partial charge is 0.488 e. The number of para-hydroxylation sites is 1. The summed E-state index contributed by atoms with van der Waals surface area (Å²) >= 11 is 0. The molecule has 0 unspecified atom stereocenters. The van der Waals surface area contributed by atoms with Crippen LogP contribution >= 0.6 is 0 Å². The van der Waals surface area contributed by atoms with Crippen molar-refractivity contribution in [2.45, 2.75) is 71.1 Å². The summed E-state index contributed by atoms with van der Waals surface area (Å²) in [5, 5.41) is 9.59. The van der Waals surface area contributed by atoms with Crippen LogP contribution in [0.4, 0.5) is 0 Å². The molecule has 1 saturated carbocycles. The third kappa shape index (κ3) is 7.89. The van der Waals surface area contributed by atoms with Crippen molar-refractivity contribution in [2.75, 3.05) is 13.6 Å². The third-order valence-corrected chi connectivity index (χ3v) is 4.42. The zero-order valence-corrected chi connectivity index (χ0v) is 17.1. The molecule has 0 spiro atoms. The van der Waals surface area contributed by atoms with E-state index in [0.717, 1.165) is 24.2 Å². The van der Waals surface area contributed by atoms with Gasteiger partial charge in [0.25, 0.3) is 0 Å². The van der Waals surface area contributed by atoms with Crippen molar-refractivity contribution in [2.24, 2.45) is 4.99 Å². The van der Waals surface area contributed by atoms with Gasteiger partial charge in [0.15, 0.2) is 5.96 Å². The predicted octanol–water partition coefficient (Wildman–Crippen LogP) is 2.98. The van der Waals surface area contributed by atoms with Crippen molar-refractivity contribution >= 4 is 11.9 Å². The van der Waals surface area contributed by atoms with Crippen molar-refractivity contribution in [3.05, 3.63) is 29.8 Å². The third-order valence-electron chi connectivity index (χ3n) is 4.42. The first kappa shape index (κ1) is 21.1. The lowest BCUT2D eigenvalue weighted by Crippen LogP contribution is -2.40. The minimum atomic E-state index is -0.247. The first-order chi connectivity index (χ1) is 12.9. The van der Waals surface area contributed by atoms with Gasteiger partial charge in [-0.1, -0.05) is 31.0 Å². The van der Waals surface area contributed by atoms with E-state index in [9.17, 15) is 4.79 Å². The van der Waals surface area contributed by atoms with Gasteiger partial charge in [0.2, 0.25) is 5.91 Å². The summed E-state index contributed by atoms with van der Waals surface area (Å²) in [6.45, 7) is 7.26. The van der Waals surface area contributed by atoms with Crippen LogP contribution < -0.4 is 20.7 Å². The number of hydrogen-bond donors (Lipinski definition) is 3. The van der Waals surface area contributed by atoms with Crippen LogP contribution in [0.2, 0.25) is 0 Å². The number of benzene rings is 1. The summed E-state index contributed by atoms with van der Waals surface area (Å²) in [7, 11) is 1.73. The first-order valence-corrected chi connectivity index (χ1v) is 9.88. The summed E-state index contributed by atoms with van der Waals surface area (Å²) in [5.74, 6) is 1.65. The van der Waals surface area contributed by atoms with E-state index >= 15 is 0 Å². The number of guanidine groups is 1. The Kier molecular flexibility index (Phi) is 7.95. The number of hydrogen-bond acceptors (Lipinski definition) is 3. The van der Waals surface area contributed by atoms with E-state index in [1.807, 2.05) is 45.0 Å². The van der Waals surface area contributed by atoms with Gasteiger partial charge in [-0.15, -0.1) is 0 Å². The average Bonchev–Trinajstić information content (AvgIpc) is 3.10. The zero-order chi connectivity index (χ0) is 19.7. The van der Waals surface area contributed by atoms with Crippen LogP contribution in [0, 0.1) is 0 Å². The molecule has 1 aromatic rings. The van der Waals surface area contributed by atoms with Gasteiger partial charge in [0.1, 0.15) is 11.4 Å². The van der Waals surface area contributed by atoms with Crippen LogP contribution in [-0.2, 0) is 11.3 Å². The maximum absolute atomic E-state index is 12.0. The monoisotopic (exact) mass is 374 g/mol. The van der Waals surface area contributed by atoms with Crippen molar-refractivity contribution in [1.29, 1.82) is 0 Å². The molecule has 1 aromatic carbocycles. The molecule has 0 aliphatic heterocycles. The maximum Gasteiger partial charge on any atom is 0.221 e. The molecular weight excluding hydrogens is 340 g/mol.